The Morgan fingerprint density at radius 3 is 2.36 bits per heavy atom. The van der Waals surface area contributed by atoms with Gasteiger partial charge in [0.2, 0.25) is 5.79 Å². The number of hydrogen-bond acceptors (Lipinski definition) is 11. The molecule has 1 spiro atoms. The highest BCUT2D eigenvalue weighted by atomic mass is 19.4. The van der Waals surface area contributed by atoms with E-state index in [9.17, 15) is 46.5 Å². The summed E-state index contributed by atoms with van der Waals surface area (Å²) in [5.41, 5.74) is 4.70. The van der Waals surface area contributed by atoms with E-state index in [0.29, 0.717) is 0 Å². The van der Waals surface area contributed by atoms with Gasteiger partial charge in [0.05, 0.1) is 29.3 Å². The van der Waals surface area contributed by atoms with Crippen molar-refractivity contribution in [3.05, 3.63) is 34.9 Å². The van der Waals surface area contributed by atoms with Crippen molar-refractivity contribution >= 4 is 17.9 Å². The second-order valence-corrected chi connectivity index (χ2v) is 8.51. The van der Waals surface area contributed by atoms with E-state index in [0.717, 1.165) is 4.90 Å². The molecule has 5 atom stereocenters. The van der Waals surface area contributed by atoms with Gasteiger partial charge in [-0.25, -0.2) is 14.8 Å². The molecule has 8 N–H and O–H groups in total. The molecule has 0 saturated carbocycles. The first-order valence-electron chi connectivity index (χ1n) is 10.3. The summed E-state index contributed by atoms with van der Waals surface area (Å²) in [6.45, 7) is 0.576. The van der Waals surface area contributed by atoms with Crippen molar-refractivity contribution in [2.75, 3.05) is 6.61 Å². The zero-order valence-corrected chi connectivity index (χ0v) is 18.2. The average Bonchev–Trinajstić information content (AvgIpc) is 3.19. The maximum Gasteiger partial charge on any atom is 0.417 e. The fourth-order valence-corrected chi connectivity index (χ4v) is 4.94. The molecular formula is C19H20F6N6O5. The molecule has 0 bridgehead atoms. The zero-order chi connectivity index (χ0) is 27.0. The van der Waals surface area contributed by atoms with E-state index in [4.69, 9.17) is 16.2 Å². The van der Waals surface area contributed by atoms with Crippen LogP contribution >= 0.6 is 0 Å². The average molecular weight is 526 g/mol. The Bertz CT molecular complexity index is 1150. The SMILES string of the molecule is C[C@H]1[C@H](OC(=O)c2cc(C(F)(F)F)ccc2C(F)(F)F)C(O)(O)[C@]23NC(N)=N[C@H]2[C@H](CO)N=C(N)N13. The number of carbonyl (C=O) groups excluding carboxylic acids is 1. The molecule has 1 saturated heterocycles. The molecule has 0 amide bonds. The van der Waals surface area contributed by atoms with Crippen molar-refractivity contribution in [3.8, 4) is 0 Å². The molecule has 0 aliphatic carbocycles. The molecule has 1 fully saturated rings. The summed E-state index contributed by atoms with van der Waals surface area (Å²) < 4.78 is 84.9. The van der Waals surface area contributed by atoms with E-state index in [1.54, 1.807) is 0 Å². The van der Waals surface area contributed by atoms with Gasteiger partial charge in [0.15, 0.2) is 23.7 Å². The van der Waals surface area contributed by atoms with Crippen LogP contribution in [-0.2, 0) is 17.1 Å². The lowest BCUT2D eigenvalue weighted by Gasteiger charge is -2.48. The molecule has 0 radical (unpaired) electrons. The third-order valence-electron chi connectivity index (χ3n) is 6.41. The molecule has 198 valence electrons. The number of nitrogens with one attached hydrogen (secondary N) is 1. The standard InChI is InChI=1S/C19H20F6N6O5/c1-6-12(36-13(33)8-4-7(18(20,21)22)2-3-9(8)19(23,24)25)17(34,35)16-11(29-14(26)30-16)10(5-32)28-15(27)31(6)16/h2-4,6,10-12,32,34-35H,5H2,1H3,(H2,27,28)(H3,26,29,30)/t6-,10-,11-,12-,16-/m0/s1. The number of rotatable bonds is 3. The molecule has 0 unspecified atom stereocenters. The van der Waals surface area contributed by atoms with Crippen LogP contribution in [0.15, 0.2) is 28.2 Å². The van der Waals surface area contributed by atoms with E-state index >= 15 is 0 Å². The van der Waals surface area contributed by atoms with Gasteiger partial charge in [0.1, 0.15) is 12.1 Å². The highest BCUT2D eigenvalue weighted by Crippen LogP contribution is 2.49. The monoisotopic (exact) mass is 526 g/mol. The zero-order valence-electron chi connectivity index (χ0n) is 18.2. The van der Waals surface area contributed by atoms with Crippen molar-refractivity contribution < 1.29 is 51.2 Å². The van der Waals surface area contributed by atoms with Crippen LogP contribution in [-0.4, -0.2) is 80.4 Å². The summed E-state index contributed by atoms with van der Waals surface area (Å²) in [6, 6.07) is -3.58. The van der Waals surface area contributed by atoms with Crippen molar-refractivity contribution in [1.82, 2.24) is 10.2 Å². The first kappa shape index (κ1) is 25.8. The van der Waals surface area contributed by atoms with Crippen molar-refractivity contribution in [2.45, 2.75) is 55.0 Å². The number of esters is 1. The Labute approximate surface area is 198 Å². The molecule has 4 rings (SSSR count). The van der Waals surface area contributed by atoms with Gasteiger partial charge < -0.3 is 41.7 Å². The van der Waals surface area contributed by atoms with E-state index < -0.39 is 77.3 Å². The van der Waals surface area contributed by atoms with Gasteiger partial charge >= 0.3 is 18.3 Å². The summed E-state index contributed by atoms with van der Waals surface area (Å²) in [4.78, 5) is 21.9. The van der Waals surface area contributed by atoms with Crippen molar-refractivity contribution in [1.29, 1.82) is 0 Å². The number of aliphatic hydroxyl groups excluding tert-OH is 1. The Hall–Kier alpha value is -3.31. The van der Waals surface area contributed by atoms with Crippen LogP contribution < -0.4 is 16.8 Å². The van der Waals surface area contributed by atoms with Crippen LogP contribution in [0.4, 0.5) is 26.3 Å². The normalized spacial score (nSPS) is 31.2. The topological polar surface area (TPSA) is 179 Å². The highest BCUT2D eigenvalue weighted by molar-refractivity contribution is 5.92. The maximum atomic E-state index is 13.5. The van der Waals surface area contributed by atoms with Gasteiger partial charge in [-0.2, -0.15) is 26.3 Å². The number of alkyl halides is 6. The summed E-state index contributed by atoms with van der Waals surface area (Å²) in [5.74, 6) is -5.81. The molecular weight excluding hydrogens is 506 g/mol. The number of benzene rings is 1. The van der Waals surface area contributed by atoms with E-state index in [1.165, 1.54) is 6.92 Å². The number of hydrogen-bond donors (Lipinski definition) is 6. The number of halogens is 6. The largest absolute Gasteiger partial charge is 0.451 e. The van der Waals surface area contributed by atoms with Crippen molar-refractivity contribution in [2.24, 2.45) is 21.5 Å². The molecule has 0 aromatic heterocycles. The molecule has 36 heavy (non-hydrogen) atoms. The van der Waals surface area contributed by atoms with Crippen LogP contribution in [0.3, 0.4) is 0 Å². The minimum atomic E-state index is -5.24. The molecule has 1 aromatic carbocycles. The van der Waals surface area contributed by atoms with Crippen molar-refractivity contribution in [3.63, 3.8) is 0 Å². The third-order valence-corrected chi connectivity index (χ3v) is 6.41. The molecule has 1 aromatic rings. The van der Waals surface area contributed by atoms with Gasteiger partial charge in [0.25, 0.3) is 0 Å². The van der Waals surface area contributed by atoms with Crippen LogP contribution in [0.5, 0.6) is 0 Å². The first-order valence-corrected chi connectivity index (χ1v) is 10.3. The minimum Gasteiger partial charge on any atom is -0.451 e. The first-order chi connectivity index (χ1) is 16.5. The fraction of sp³-hybridized carbons (Fsp3) is 0.526. The van der Waals surface area contributed by atoms with E-state index in [-0.39, 0.29) is 30.1 Å². The number of guanidine groups is 2. The highest BCUT2D eigenvalue weighted by Gasteiger charge is 2.76. The van der Waals surface area contributed by atoms with Gasteiger partial charge in [-0.3, -0.25) is 0 Å². The third kappa shape index (κ3) is 3.52. The Morgan fingerprint density at radius 1 is 1.17 bits per heavy atom. The predicted octanol–water partition coefficient (Wildman–Crippen LogP) is -0.693. The number of ether oxygens (including phenoxy) is 1. The second kappa shape index (κ2) is 7.84. The van der Waals surface area contributed by atoms with Gasteiger partial charge in [0, 0.05) is 0 Å². The lowest BCUT2D eigenvalue weighted by atomic mass is 9.86. The van der Waals surface area contributed by atoms with Crippen LogP contribution in [0.1, 0.15) is 28.4 Å². The molecule has 3 aliphatic rings. The number of carbonyl (C=O) groups is 1. The van der Waals surface area contributed by atoms with Crippen LogP contribution in [0, 0.1) is 0 Å². The van der Waals surface area contributed by atoms with E-state index in [2.05, 4.69) is 15.3 Å². The molecule has 11 nitrogen and oxygen atoms in total. The fourth-order valence-electron chi connectivity index (χ4n) is 4.94. The smallest absolute Gasteiger partial charge is 0.417 e. The minimum absolute atomic E-state index is 0.0395. The second-order valence-electron chi connectivity index (χ2n) is 8.51. The summed E-state index contributed by atoms with van der Waals surface area (Å²) in [7, 11) is 0. The lowest BCUT2D eigenvalue weighted by Crippen LogP contribution is -2.77. The number of aliphatic imine (C=N–C) groups is 2. The maximum absolute atomic E-state index is 13.5. The molecule has 17 heteroatoms. The predicted molar refractivity (Wildman–Crippen MR) is 108 cm³/mol. The van der Waals surface area contributed by atoms with Gasteiger partial charge in [-0.1, -0.05) is 0 Å². The Kier molecular flexibility index (Phi) is 5.62. The Morgan fingerprint density at radius 2 is 1.81 bits per heavy atom. The van der Waals surface area contributed by atoms with Crippen LogP contribution in [0.2, 0.25) is 0 Å². The quantitative estimate of drug-likeness (QED) is 0.169. The number of aliphatic hydroxyl groups is 3. The van der Waals surface area contributed by atoms with Gasteiger partial charge in [-0.05, 0) is 25.1 Å². The summed E-state index contributed by atoms with van der Waals surface area (Å²) in [5, 5.41) is 34.6. The lowest BCUT2D eigenvalue weighted by molar-refractivity contribution is -0.257. The summed E-state index contributed by atoms with van der Waals surface area (Å²) in [6.07, 6.45) is -12.4. The van der Waals surface area contributed by atoms with Gasteiger partial charge in [-0.15, -0.1) is 0 Å². The van der Waals surface area contributed by atoms with E-state index in [1.807, 2.05) is 0 Å². The van der Waals surface area contributed by atoms with Crippen LogP contribution in [0.25, 0.3) is 0 Å². The number of nitrogens with zero attached hydrogens (tertiary/aromatic N) is 3. The molecule has 3 heterocycles. The summed E-state index contributed by atoms with van der Waals surface area (Å²) >= 11 is 0. The Balaban J connectivity index is 1.78. The molecule has 3 aliphatic heterocycles. The number of nitrogens with two attached hydrogens (primary N) is 2.